The molecule has 1 amide bonds. The monoisotopic (exact) mass is 352 g/mol. The van der Waals surface area contributed by atoms with E-state index >= 15 is 0 Å². The smallest absolute Gasteiger partial charge is 0.295 e. The summed E-state index contributed by atoms with van der Waals surface area (Å²) in [7, 11) is 1.57. The number of nitrogens with one attached hydrogen (secondary N) is 2. The number of carbonyl (C=O) groups excluding carboxylic acids is 1. The van der Waals surface area contributed by atoms with Crippen LogP contribution < -0.4 is 10.1 Å². The molecule has 0 fully saturated rings. The highest BCUT2D eigenvalue weighted by molar-refractivity contribution is 9.10. The van der Waals surface area contributed by atoms with E-state index in [0.29, 0.717) is 17.3 Å². The molecular formula is C14H17BrN4O2. The van der Waals surface area contributed by atoms with E-state index in [1.54, 1.807) is 25.3 Å². The second kappa shape index (κ2) is 5.85. The number of aromatic nitrogens is 3. The minimum atomic E-state index is -0.379. The molecule has 2 aromatic rings. The van der Waals surface area contributed by atoms with Crippen LogP contribution in [0.5, 0.6) is 5.75 Å². The van der Waals surface area contributed by atoms with Crippen LogP contribution in [0.1, 0.15) is 37.2 Å². The van der Waals surface area contributed by atoms with Crippen molar-refractivity contribution in [1.29, 1.82) is 0 Å². The van der Waals surface area contributed by atoms with Crippen molar-refractivity contribution < 1.29 is 9.53 Å². The van der Waals surface area contributed by atoms with E-state index in [0.717, 1.165) is 4.47 Å². The van der Waals surface area contributed by atoms with E-state index in [1.165, 1.54) is 0 Å². The molecule has 0 bridgehead atoms. The predicted octanol–water partition coefficient (Wildman–Crippen LogP) is 3.13. The van der Waals surface area contributed by atoms with Gasteiger partial charge in [-0.05, 0) is 28.1 Å². The van der Waals surface area contributed by atoms with E-state index in [4.69, 9.17) is 4.74 Å². The lowest BCUT2D eigenvalue weighted by molar-refractivity contribution is 0.101. The van der Waals surface area contributed by atoms with E-state index in [-0.39, 0.29) is 17.1 Å². The first kappa shape index (κ1) is 15.5. The molecule has 1 aromatic carbocycles. The maximum atomic E-state index is 12.2. The largest absolute Gasteiger partial charge is 0.497 e. The van der Waals surface area contributed by atoms with Gasteiger partial charge in [-0.3, -0.25) is 9.89 Å². The molecule has 0 aliphatic carbocycles. The molecule has 0 atom stereocenters. The van der Waals surface area contributed by atoms with Gasteiger partial charge in [-0.25, -0.2) is 4.98 Å². The Balaban J connectivity index is 2.20. The number of H-pyrrole nitrogens is 1. The maximum Gasteiger partial charge on any atom is 0.295 e. The van der Waals surface area contributed by atoms with Gasteiger partial charge >= 0.3 is 0 Å². The number of rotatable bonds is 3. The first-order chi connectivity index (χ1) is 9.81. The first-order valence-electron chi connectivity index (χ1n) is 6.39. The van der Waals surface area contributed by atoms with Gasteiger partial charge in [0.2, 0.25) is 5.82 Å². The summed E-state index contributed by atoms with van der Waals surface area (Å²) < 4.78 is 5.89. The van der Waals surface area contributed by atoms with Crippen molar-refractivity contribution >= 4 is 27.5 Å². The average molecular weight is 353 g/mol. The van der Waals surface area contributed by atoms with Crippen LogP contribution in [0.2, 0.25) is 0 Å². The van der Waals surface area contributed by atoms with E-state index in [9.17, 15) is 4.79 Å². The molecular weight excluding hydrogens is 336 g/mol. The zero-order valence-electron chi connectivity index (χ0n) is 12.3. The standard InChI is InChI=1S/C14H17BrN4O2/c1-14(2,3)13-17-11(18-19-13)12(20)16-10-7-8(21-4)5-6-9(10)15/h5-7H,1-4H3,(H,16,20)(H,17,18,19). The molecule has 112 valence electrons. The van der Waals surface area contributed by atoms with Gasteiger partial charge in [-0.2, -0.15) is 0 Å². The number of anilines is 1. The van der Waals surface area contributed by atoms with Crippen LogP contribution in [-0.4, -0.2) is 28.2 Å². The molecule has 0 aliphatic rings. The normalized spacial score (nSPS) is 11.3. The van der Waals surface area contributed by atoms with E-state index in [2.05, 4.69) is 36.4 Å². The molecule has 1 aromatic heterocycles. The third kappa shape index (κ3) is 3.60. The predicted molar refractivity (Wildman–Crippen MR) is 83.7 cm³/mol. The highest BCUT2D eigenvalue weighted by Crippen LogP contribution is 2.27. The molecule has 0 radical (unpaired) electrons. The van der Waals surface area contributed by atoms with Crippen LogP contribution in [0.25, 0.3) is 0 Å². The number of carbonyl (C=O) groups is 1. The molecule has 0 saturated heterocycles. The molecule has 2 N–H and O–H groups in total. The zero-order chi connectivity index (χ0) is 15.6. The van der Waals surface area contributed by atoms with Crippen molar-refractivity contribution in [3.63, 3.8) is 0 Å². The Hall–Kier alpha value is -1.89. The molecule has 2 rings (SSSR count). The molecule has 0 saturated carbocycles. The van der Waals surface area contributed by atoms with Gasteiger partial charge < -0.3 is 10.1 Å². The highest BCUT2D eigenvalue weighted by Gasteiger charge is 2.21. The Morgan fingerprint density at radius 2 is 2.10 bits per heavy atom. The fraction of sp³-hybridized carbons (Fsp3) is 0.357. The molecule has 0 spiro atoms. The van der Waals surface area contributed by atoms with Crippen molar-refractivity contribution in [2.24, 2.45) is 0 Å². The van der Waals surface area contributed by atoms with Crippen molar-refractivity contribution in [3.8, 4) is 5.75 Å². The fourth-order valence-electron chi connectivity index (χ4n) is 1.60. The van der Waals surface area contributed by atoms with Crippen LogP contribution in [0.15, 0.2) is 22.7 Å². The maximum absolute atomic E-state index is 12.2. The van der Waals surface area contributed by atoms with Crippen molar-refractivity contribution in [1.82, 2.24) is 15.2 Å². The van der Waals surface area contributed by atoms with Crippen LogP contribution >= 0.6 is 15.9 Å². The van der Waals surface area contributed by atoms with Crippen LogP contribution in [0, 0.1) is 0 Å². The summed E-state index contributed by atoms with van der Waals surface area (Å²) in [5, 5.41) is 9.50. The highest BCUT2D eigenvalue weighted by atomic mass is 79.9. The molecule has 0 unspecified atom stereocenters. The van der Waals surface area contributed by atoms with Crippen LogP contribution in [0.4, 0.5) is 5.69 Å². The summed E-state index contributed by atoms with van der Waals surface area (Å²) in [6, 6.07) is 5.32. The number of benzene rings is 1. The lowest BCUT2D eigenvalue weighted by Gasteiger charge is -2.12. The van der Waals surface area contributed by atoms with Gasteiger partial charge in [0.25, 0.3) is 5.91 Å². The first-order valence-corrected chi connectivity index (χ1v) is 7.18. The van der Waals surface area contributed by atoms with Gasteiger partial charge in [0.05, 0.1) is 12.8 Å². The summed E-state index contributed by atoms with van der Waals surface area (Å²) in [5.74, 6) is 1.04. The molecule has 7 heteroatoms. The Labute approximate surface area is 131 Å². The minimum absolute atomic E-state index is 0.106. The van der Waals surface area contributed by atoms with Gasteiger partial charge in [0, 0.05) is 16.0 Å². The van der Waals surface area contributed by atoms with E-state index in [1.807, 2.05) is 20.8 Å². The third-order valence-electron chi connectivity index (χ3n) is 2.82. The quantitative estimate of drug-likeness (QED) is 0.889. The number of hydrogen-bond donors (Lipinski definition) is 2. The second-order valence-corrected chi connectivity index (χ2v) is 6.41. The average Bonchev–Trinajstić information content (AvgIpc) is 2.91. The van der Waals surface area contributed by atoms with Gasteiger partial charge in [-0.15, -0.1) is 5.10 Å². The lowest BCUT2D eigenvalue weighted by Crippen LogP contribution is -2.16. The number of aromatic amines is 1. The summed E-state index contributed by atoms with van der Waals surface area (Å²) >= 11 is 3.38. The number of nitrogens with zero attached hydrogens (tertiary/aromatic N) is 2. The van der Waals surface area contributed by atoms with Crippen molar-refractivity contribution in [2.75, 3.05) is 12.4 Å². The Bertz CT molecular complexity index is 661. The Morgan fingerprint density at radius 3 is 2.67 bits per heavy atom. The van der Waals surface area contributed by atoms with Gasteiger partial charge in [0.15, 0.2) is 0 Å². The summed E-state index contributed by atoms with van der Waals surface area (Å²) in [4.78, 5) is 16.4. The van der Waals surface area contributed by atoms with Crippen LogP contribution in [0.3, 0.4) is 0 Å². The Kier molecular flexibility index (Phi) is 4.32. The number of halogens is 1. The van der Waals surface area contributed by atoms with Crippen molar-refractivity contribution in [3.05, 3.63) is 34.3 Å². The lowest BCUT2D eigenvalue weighted by atomic mass is 9.96. The number of hydrogen-bond acceptors (Lipinski definition) is 4. The SMILES string of the molecule is COc1ccc(Br)c(NC(=O)c2n[nH]c(C(C)(C)C)n2)c1. The summed E-state index contributed by atoms with van der Waals surface area (Å²) in [6.07, 6.45) is 0. The molecule has 21 heavy (non-hydrogen) atoms. The third-order valence-corrected chi connectivity index (χ3v) is 3.51. The minimum Gasteiger partial charge on any atom is -0.497 e. The number of amides is 1. The summed E-state index contributed by atoms with van der Waals surface area (Å²) in [5.41, 5.74) is 0.406. The molecule has 6 nitrogen and oxygen atoms in total. The Morgan fingerprint density at radius 1 is 1.38 bits per heavy atom. The summed E-state index contributed by atoms with van der Waals surface area (Å²) in [6.45, 7) is 5.98. The molecule has 0 aliphatic heterocycles. The van der Waals surface area contributed by atoms with Crippen LogP contribution in [-0.2, 0) is 5.41 Å². The zero-order valence-corrected chi connectivity index (χ0v) is 13.9. The topological polar surface area (TPSA) is 79.9 Å². The fourth-order valence-corrected chi connectivity index (χ4v) is 1.95. The van der Waals surface area contributed by atoms with Gasteiger partial charge in [-0.1, -0.05) is 20.8 Å². The van der Waals surface area contributed by atoms with Gasteiger partial charge in [0.1, 0.15) is 11.6 Å². The number of ether oxygens (including phenoxy) is 1. The second-order valence-electron chi connectivity index (χ2n) is 5.56. The number of methoxy groups -OCH3 is 1. The van der Waals surface area contributed by atoms with E-state index < -0.39 is 0 Å². The molecule has 1 heterocycles. The van der Waals surface area contributed by atoms with Crippen molar-refractivity contribution in [2.45, 2.75) is 26.2 Å².